The van der Waals surface area contributed by atoms with Crippen LogP contribution in [-0.4, -0.2) is 17.8 Å². The van der Waals surface area contributed by atoms with Gasteiger partial charge in [-0.25, -0.2) is 0 Å². The molecular weight excluding hydrogens is 258 g/mol. The maximum absolute atomic E-state index is 12.2. The second-order valence-corrected chi connectivity index (χ2v) is 4.78. The molecule has 2 aliphatic heterocycles. The van der Waals surface area contributed by atoms with Gasteiger partial charge in [-0.1, -0.05) is 24.3 Å². The molecule has 5 heteroatoms. The molecule has 0 aliphatic carbocycles. The number of aliphatic hydroxyl groups is 1. The van der Waals surface area contributed by atoms with Crippen LogP contribution < -0.4 is 14.8 Å². The first kappa shape index (κ1) is 11.3. The summed E-state index contributed by atoms with van der Waals surface area (Å²) in [7, 11) is 0. The summed E-state index contributed by atoms with van der Waals surface area (Å²) in [5, 5.41) is 13.6. The molecule has 0 saturated carbocycles. The molecule has 0 radical (unpaired) electrons. The highest BCUT2D eigenvalue weighted by Crippen LogP contribution is 2.43. The van der Waals surface area contributed by atoms with Crippen LogP contribution in [0.3, 0.4) is 0 Å². The molecule has 20 heavy (non-hydrogen) atoms. The van der Waals surface area contributed by atoms with Crippen LogP contribution in [0.4, 0.5) is 5.69 Å². The maximum Gasteiger partial charge on any atom is 0.265 e. The van der Waals surface area contributed by atoms with Gasteiger partial charge in [0.05, 0.1) is 0 Å². The van der Waals surface area contributed by atoms with Crippen LogP contribution in [0.25, 0.3) is 0 Å². The van der Waals surface area contributed by atoms with Crippen LogP contribution in [0.15, 0.2) is 42.5 Å². The maximum atomic E-state index is 12.2. The summed E-state index contributed by atoms with van der Waals surface area (Å²) < 4.78 is 10.5. The van der Waals surface area contributed by atoms with Crippen molar-refractivity contribution < 1.29 is 19.4 Å². The second-order valence-electron chi connectivity index (χ2n) is 4.78. The SMILES string of the molecule is O=C1Nc2ccccc2[C@@]1(O)c1ccc2c(c1)OCO2. The zero-order valence-corrected chi connectivity index (χ0v) is 10.4. The molecule has 100 valence electrons. The van der Waals surface area contributed by atoms with E-state index in [4.69, 9.17) is 9.47 Å². The largest absolute Gasteiger partial charge is 0.454 e. The van der Waals surface area contributed by atoms with Crippen molar-refractivity contribution in [2.45, 2.75) is 5.60 Å². The van der Waals surface area contributed by atoms with Crippen LogP contribution in [0.1, 0.15) is 11.1 Å². The zero-order chi connectivity index (χ0) is 13.7. The minimum absolute atomic E-state index is 0.153. The number of fused-ring (bicyclic) bond motifs is 2. The monoisotopic (exact) mass is 269 g/mol. The number of anilines is 1. The third kappa shape index (κ3) is 1.32. The van der Waals surface area contributed by atoms with Crippen molar-refractivity contribution in [2.24, 2.45) is 0 Å². The fraction of sp³-hybridized carbons (Fsp3) is 0.133. The molecule has 1 amide bonds. The summed E-state index contributed by atoms with van der Waals surface area (Å²) >= 11 is 0. The molecule has 1 atom stereocenters. The van der Waals surface area contributed by atoms with Gasteiger partial charge >= 0.3 is 0 Å². The van der Waals surface area contributed by atoms with Gasteiger partial charge in [-0.15, -0.1) is 0 Å². The van der Waals surface area contributed by atoms with E-state index in [0.29, 0.717) is 28.3 Å². The van der Waals surface area contributed by atoms with Gasteiger partial charge in [-0.05, 0) is 18.2 Å². The van der Waals surface area contributed by atoms with E-state index >= 15 is 0 Å². The Morgan fingerprint density at radius 2 is 1.90 bits per heavy atom. The topological polar surface area (TPSA) is 67.8 Å². The van der Waals surface area contributed by atoms with E-state index < -0.39 is 11.5 Å². The van der Waals surface area contributed by atoms with E-state index in [0.717, 1.165) is 0 Å². The number of carbonyl (C=O) groups is 1. The normalized spacial score (nSPS) is 22.6. The Morgan fingerprint density at radius 3 is 2.80 bits per heavy atom. The summed E-state index contributed by atoms with van der Waals surface area (Å²) in [4.78, 5) is 12.2. The van der Waals surface area contributed by atoms with Crippen molar-refractivity contribution in [3.8, 4) is 11.5 Å². The average Bonchev–Trinajstić information content (AvgIpc) is 3.03. The standard InChI is InChI=1S/C15H11NO4/c17-14-15(18,10-3-1-2-4-11(10)16-14)9-5-6-12-13(7-9)20-8-19-12/h1-7,18H,8H2,(H,16,17)/t15-/m0/s1. The van der Waals surface area contributed by atoms with E-state index in [1.54, 1.807) is 36.4 Å². The molecule has 4 rings (SSSR count). The fourth-order valence-corrected chi connectivity index (χ4v) is 2.65. The van der Waals surface area contributed by atoms with Gasteiger partial charge < -0.3 is 19.9 Å². The lowest BCUT2D eigenvalue weighted by molar-refractivity contribution is -0.129. The molecule has 2 aromatic rings. The number of nitrogens with one attached hydrogen (secondary N) is 1. The van der Waals surface area contributed by atoms with Gasteiger partial charge in [-0.2, -0.15) is 0 Å². The van der Waals surface area contributed by atoms with Crippen molar-refractivity contribution in [1.29, 1.82) is 0 Å². The number of hydrogen-bond donors (Lipinski definition) is 2. The van der Waals surface area contributed by atoms with Crippen LogP contribution in [0.2, 0.25) is 0 Å². The van der Waals surface area contributed by atoms with Crippen molar-refractivity contribution in [1.82, 2.24) is 0 Å². The lowest BCUT2D eigenvalue weighted by Crippen LogP contribution is -2.35. The van der Waals surface area contributed by atoms with Crippen molar-refractivity contribution in [3.05, 3.63) is 53.6 Å². The highest BCUT2D eigenvalue weighted by Gasteiger charge is 2.47. The molecule has 0 unspecified atom stereocenters. The van der Waals surface area contributed by atoms with Crippen molar-refractivity contribution >= 4 is 11.6 Å². The van der Waals surface area contributed by atoms with Crippen LogP contribution in [0, 0.1) is 0 Å². The van der Waals surface area contributed by atoms with Gasteiger partial charge in [0, 0.05) is 16.8 Å². The van der Waals surface area contributed by atoms with Gasteiger partial charge in [0.15, 0.2) is 17.1 Å². The Bertz CT molecular complexity index is 728. The lowest BCUT2D eigenvalue weighted by atomic mass is 9.87. The Kier molecular flexibility index (Phi) is 2.11. The Hall–Kier alpha value is -2.53. The first-order valence-electron chi connectivity index (χ1n) is 6.23. The predicted molar refractivity (Wildman–Crippen MR) is 70.6 cm³/mol. The average molecular weight is 269 g/mol. The van der Waals surface area contributed by atoms with E-state index in [1.807, 2.05) is 6.07 Å². The molecule has 5 nitrogen and oxygen atoms in total. The Labute approximate surface area is 114 Å². The fourth-order valence-electron chi connectivity index (χ4n) is 2.65. The highest BCUT2D eigenvalue weighted by molar-refractivity contribution is 6.07. The number of benzene rings is 2. The second kappa shape index (κ2) is 3.74. The van der Waals surface area contributed by atoms with Gasteiger partial charge in [0.25, 0.3) is 5.91 Å². The zero-order valence-electron chi connectivity index (χ0n) is 10.4. The summed E-state index contributed by atoms with van der Waals surface area (Å²) in [6, 6.07) is 12.1. The minimum atomic E-state index is -1.70. The summed E-state index contributed by atoms with van der Waals surface area (Å²) in [5.41, 5.74) is -0.0665. The molecule has 2 N–H and O–H groups in total. The Balaban J connectivity index is 1.90. The minimum Gasteiger partial charge on any atom is -0.454 e. The van der Waals surface area contributed by atoms with E-state index in [2.05, 4.69) is 5.32 Å². The van der Waals surface area contributed by atoms with Crippen LogP contribution in [0.5, 0.6) is 11.5 Å². The number of hydrogen-bond acceptors (Lipinski definition) is 4. The van der Waals surface area contributed by atoms with E-state index in [-0.39, 0.29) is 6.79 Å². The van der Waals surface area contributed by atoms with Crippen molar-refractivity contribution in [2.75, 3.05) is 12.1 Å². The molecule has 2 heterocycles. The van der Waals surface area contributed by atoms with Gasteiger partial charge in [0.2, 0.25) is 6.79 Å². The predicted octanol–water partition coefficient (Wildman–Crippen LogP) is 1.60. The summed E-state index contributed by atoms with van der Waals surface area (Å²) in [6.07, 6.45) is 0. The van der Waals surface area contributed by atoms with E-state index in [1.165, 1.54) is 0 Å². The Morgan fingerprint density at radius 1 is 1.10 bits per heavy atom. The first-order valence-corrected chi connectivity index (χ1v) is 6.23. The number of rotatable bonds is 1. The number of amides is 1. The number of carbonyl (C=O) groups excluding carboxylic acids is 1. The number of ether oxygens (including phenoxy) is 2. The van der Waals surface area contributed by atoms with Crippen LogP contribution in [-0.2, 0) is 10.4 Å². The smallest absolute Gasteiger partial charge is 0.265 e. The number of para-hydroxylation sites is 1. The van der Waals surface area contributed by atoms with Gasteiger partial charge in [-0.3, -0.25) is 4.79 Å². The molecule has 0 fully saturated rings. The summed E-state index contributed by atoms with van der Waals surface area (Å²) in [6.45, 7) is 0.153. The third-order valence-corrected chi connectivity index (χ3v) is 3.68. The molecule has 0 aromatic heterocycles. The summed E-state index contributed by atoms with van der Waals surface area (Å²) in [5.74, 6) is 0.690. The molecule has 0 saturated heterocycles. The molecule has 0 spiro atoms. The van der Waals surface area contributed by atoms with Crippen LogP contribution >= 0.6 is 0 Å². The molecule has 2 aromatic carbocycles. The van der Waals surface area contributed by atoms with E-state index in [9.17, 15) is 9.90 Å². The highest BCUT2D eigenvalue weighted by atomic mass is 16.7. The molecule has 2 aliphatic rings. The quantitative estimate of drug-likeness (QED) is 0.825. The van der Waals surface area contributed by atoms with Gasteiger partial charge in [0.1, 0.15) is 0 Å². The lowest BCUT2D eigenvalue weighted by Gasteiger charge is -2.21. The molecule has 0 bridgehead atoms. The molecular formula is C15H11NO4. The third-order valence-electron chi connectivity index (χ3n) is 3.68. The first-order chi connectivity index (χ1) is 9.69. The van der Waals surface area contributed by atoms with Crippen molar-refractivity contribution in [3.63, 3.8) is 0 Å².